The Morgan fingerprint density at radius 3 is 2.65 bits per heavy atom. The second-order valence-electron chi connectivity index (χ2n) is 4.33. The fourth-order valence-electron chi connectivity index (χ4n) is 1.95. The van der Waals surface area contributed by atoms with Crippen molar-refractivity contribution in [1.29, 1.82) is 0 Å². The number of benzene rings is 2. The Balaban J connectivity index is 2.21. The van der Waals surface area contributed by atoms with E-state index in [9.17, 15) is 9.50 Å². The molecule has 5 heteroatoms. The molecule has 0 bridgehead atoms. The molecule has 20 heavy (non-hydrogen) atoms. The standard InChI is InChI=1S/C15H13Br2FO2/c1-20-14-6-5-9(7-11(14)16)8-13(19)10-3-2-4-12(18)15(10)17/h2-7,13,19H,8H2,1H3. The topological polar surface area (TPSA) is 29.5 Å². The van der Waals surface area contributed by atoms with E-state index in [1.54, 1.807) is 19.2 Å². The van der Waals surface area contributed by atoms with Gasteiger partial charge in [0.15, 0.2) is 0 Å². The van der Waals surface area contributed by atoms with Gasteiger partial charge in [0.2, 0.25) is 0 Å². The lowest BCUT2D eigenvalue weighted by molar-refractivity contribution is 0.177. The maximum Gasteiger partial charge on any atom is 0.137 e. The van der Waals surface area contributed by atoms with Crippen molar-refractivity contribution in [3.8, 4) is 5.75 Å². The van der Waals surface area contributed by atoms with Gasteiger partial charge in [0.05, 0.1) is 22.2 Å². The summed E-state index contributed by atoms with van der Waals surface area (Å²) in [7, 11) is 1.60. The van der Waals surface area contributed by atoms with E-state index in [0.29, 0.717) is 16.5 Å². The van der Waals surface area contributed by atoms with Crippen LogP contribution < -0.4 is 4.74 Å². The van der Waals surface area contributed by atoms with Gasteiger partial charge in [0, 0.05) is 6.42 Å². The van der Waals surface area contributed by atoms with E-state index in [2.05, 4.69) is 31.9 Å². The lowest BCUT2D eigenvalue weighted by Crippen LogP contribution is -2.04. The van der Waals surface area contributed by atoms with Crippen LogP contribution in [0.1, 0.15) is 17.2 Å². The van der Waals surface area contributed by atoms with E-state index in [1.807, 2.05) is 18.2 Å². The molecule has 2 rings (SSSR count). The van der Waals surface area contributed by atoms with Gasteiger partial charge >= 0.3 is 0 Å². The average molecular weight is 404 g/mol. The molecule has 1 N–H and O–H groups in total. The van der Waals surface area contributed by atoms with Crippen LogP contribution in [0.5, 0.6) is 5.75 Å². The van der Waals surface area contributed by atoms with Gasteiger partial charge in [-0.05, 0) is 61.2 Å². The first kappa shape index (κ1) is 15.5. The van der Waals surface area contributed by atoms with Crippen molar-refractivity contribution >= 4 is 31.9 Å². The Hall–Kier alpha value is -0.910. The average Bonchev–Trinajstić information content (AvgIpc) is 2.42. The molecule has 0 fully saturated rings. The Bertz CT molecular complexity index is 617. The molecular weight excluding hydrogens is 391 g/mol. The molecule has 0 aliphatic heterocycles. The van der Waals surface area contributed by atoms with E-state index in [4.69, 9.17) is 4.74 Å². The van der Waals surface area contributed by atoms with Gasteiger partial charge in [-0.25, -0.2) is 4.39 Å². The van der Waals surface area contributed by atoms with Crippen molar-refractivity contribution in [3.63, 3.8) is 0 Å². The molecule has 0 aliphatic rings. The van der Waals surface area contributed by atoms with Crippen LogP contribution >= 0.6 is 31.9 Å². The summed E-state index contributed by atoms with van der Waals surface area (Å²) in [6.07, 6.45) is -0.384. The molecule has 0 amide bonds. The molecule has 0 spiro atoms. The fourth-order valence-corrected chi connectivity index (χ4v) is 3.06. The van der Waals surface area contributed by atoms with Crippen LogP contribution in [0.2, 0.25) is 0 Å². The van der Waals surface area contributed by atoms with E-state index < -0.39 is 6.10 Å². The van der Waals surface area contributed by atoms with Crippen molar-refractivity contribution in [2.45, 2.75) is 12.5 Å². The van der Waals surface area contributed by atoms with Crippen molar-refractivity contribution in [1.82, 2.24) is 0 Å². The van der Waals surface area contributed by atoms with Crippen LogP contribution in [-0.4, -0.2) is 12.2 Å². The molecule has 0 saturated heterocycles. The van der Waals surface area contributed by atoms with E-state index in [-0.39, 0.29) is 5.82 Å². The van der Waals surface area contributed by atoms with E-state index in [1.165, 1.54) is 6.07 Å². The molecule has 2 aromatic rings. The highest BCUT2D eigenvalue weighted by atomic mass is 79.9. The summed E-state index contributed by atoms with van der Waals surface area (Å²) < 4.78 is 19.7. The highest BCUT2D eigenvalue weighted by molar-refractivity contribution is 9.10. The summed E-state index contributed by atoms with van der Waals surface area (Å²) in [4.78, 5) is 0. The number of aliphatic hydroxyl groups excluding tert-OH is 1. The second kappa shape index (κ2) is 6.70. The highest BCUT2D eigenvalue weighted by Crippen LogP contribution is 2.31. The zero-order chi connectivity index (χ0) is 14.7. The normalized spacial score (nSPS) is 12.2. The molecule has 0 aromatic heterocycles. The molecule has 2 aromatic carbocycles. The molecule has 1 unspecified atom stereocenters. The molecule has 1 atom stereocenters. The third kappa shape index (κ3) is 3.40. The van der Waals surface area contributed by atoms with Gasteiger partial charge in [-0.1, -0.05) is 18.2 Å². The van der Waals surface area contributed by atoms with Crippen LogP contribution in [0.4, 0.5) is 4.39 Å². The largest absolute Gasteiger partial charge is 0.496 e. The summed E-state index contributed by atoms with van der Waals surface area (Å²) in [5, 5.41) is 10.3. The van der Waals surface area contributed by atoms with Gasteiger partial charge in [-0.3, -0.25) is 0 Å². The van der Waals surface area contributed by atoms with E-state index >= 15 is 0 Å². The lowest BCUT2D eigenvalue weighted by atomic mass is 10.0. The molecule has 2 nitrogen and oxygen atoms in total. The van der Waals surface area contributed by atoms with Gasteiger partial charge in [0.1, 0.15) is 11.6 Å². The quantitative estimate of drug-likeness (QED) is 0.805. The first-order chi connectivity index (χ1) is 9.52. The minimum Gasteiger partial charge on any atom is -0.496 e. The zero-order valence-electron chi connectivity index (χ0n) is 10.7. The summed E-state index contributed by atoms with van der Waals surface area (Å²) in [6.45, 7) is 0. The highest BCUT2D eigenvalue weighted by Gasteiger charge is 2.15. The number of aliphatic hydroxyl groups is 1. The lowest BCUT2D eigenvalue weighted by Gasteiger charge is -2.14. The summed E-state index contributed by atoms with van der Waals surface area (Å²) in [5.41, 5.74) is 1.47. The Morgan fingerprint density at radius 2 is 2.00 bits per heavy atom. The van der Waals surface area contributed by atoms with Gasteiger partial charge in [-0.15, -0.1) is 0 Å². The number of ether oxygens (including phenoxy) is 1. The minimum absolute atomic E-state index is 0.306. The van der Waals surface area contributed by atoms with Crippen LogP contribution in [-0.2, 0) is 6.42 Å². The minimum atomic E-state index is -0.777. The van der Waals surface area contributed by atoms with Crippen LogP contribution in [0, 0.1) is 5.82 Å². The second-order valence-corrected chi connectivity index (χ2v) is 5.98. The van der Waals surface area contributed by atoms with Crippen LogP contribution in [0.15, 0.2) is 45.3 Å². The summed E-state index contributed by atoms with van der Waals surface area (Å²) in [6, 6.07) is 10.2. The number of hydrogen-bond acceptors (Lipinski definition) is 2. The first-order valence-corrected chi connectivity index (χ1v) is 7.56. The smallest absolute Gasteiger partial charge is 0.137 e. The first-order valence-electron chi connectivity index (χ1n) is 5.97. The number of rotatable bonds is 4. The van der Waals surface area contributed by atoms with Gasteiger partial charge < -0.3 is 9.84 Å². The number of hydrogen-bond donors (Lipinski definition) is 1. The Kier molecular flexibility index (Phi) is 5.18. The SMILES string of the molecule is COc1ccc(CC(O)c2cccc(F)c2Br)cc1Br. The Morgan fingerprint density at radius 1 is 1.25 bits per heavy atom. The van der Waals surface area contributed by atoms with Gasteiger partial charge in [0.25, 0.3) is 0 Å². The Labute approximate surface area is 133 Å². The maximum atomic E-state index is 13.5. The molecule has 0 radical (unpaired) electrons. The molecule has 0 aliphatic carbocycles. The third-order valence-corrected chi connectivity index (χ3v) is 4.44. The monoisotopic (exact) mass is 402 g/mol. The van der Waals surface area contributed by atoms with Crippen LogP contribution in [0.3, 0.4) is 0 Å². The van der Waals surface area contributed by atoms with E-state index in [0.717, 1.165) is 15.8 Å². The predicted molar refractivity (Wildman–Crippen MR) is 83.5 cm³/mol. The zero-order valence-corrected chi connectivity index (χ0v) is 13.9. The third-order valence-electron chi connectivity index (χ3n) is 2.99. The molecule has 0 saturated carbocycles. The predicted octanol–water partition coefficient (Wildman–Crippen LogP) is 4.64. The number of halogens is 3. The fraction of sp³-hybridized carbons (Fsp3) is 0.200. The van der Waals surface area contributed by atoms with Crippen molar-refractivity contribution in [3.05, 3.63) is 62.3 Å². The van der Waals surface area contributed by atoms with Crippen molar-refractivity contribution < 1.29 is 14.2 Å². The number of methoxy groups -OCH3 is 1. The summed E-state index contributed by atoms with van der Waals surface area (Å²) >= 11 is 6.57. The molecule has 0 heterocycles. The maximum absolute atomic E-state index is 13.5. The molecular formula is C15H13Br2FO2. The van der Waals surface area contributed by atoms with Crippen LogP contribution in [0.25, 0.3) is 0 Å². The van der Waals surface area contributed by atoms with Crippen molar-refractivity contribution in [2.24, 2.45) is 0 Å². The summed E-state index contributed by atoms with van der Waals surface area (Å²) in [5.74, 6) is 0.354. The van der Waals surface area contributed by atoms with Crippen molar-refractivity contribution in [2.75, 3.05) is 7.11 Å². The molecule has 106 valence electrons. The van der Waals surface area contributed by atoms with Gasteiger partial charge in [-0.2, -0.15) is 0 Å².